The molecule has 2 aromatic rings. The highest BCUT2D eigenvalue weighted by Gasteiger charge is 2.08. The Morgan fingerprint density at radius 3 is 2.59 bits per heavy atom. The Hall–Kier alpha value is -1.74. The van der Waals surface area contributed by atoms with Gasteiger partial charge >= 0.3 is 0 Å². The van der Waals surface area contributed by atoms with Crippen molar-refractivity contribution in [1.82, 2.24) is 0 Å². The Morgan fingerprint density at radius 1 is 1.12 bits per heavy atom. The van der Waals surface area contributed by atoms with Crippen LogP contribution in [0, 0.1) is 5.82 Å². The highest BCUT2D eigenvalue weighted by molar-refractivity contribution is 6.31. The van der Waals surface area contributed by atoms with E-state index in [0.717, 1.165) is 0 Å². The lowest BCUT2D eigenvalue weighted by Crippen LogP contribution is -2.01. The highest BCUT2D eigenvalue weighted by Crippen LogP contribution is 2.24. The second-order valence-corrected chi connectivity index (χ2v) is 3.93. The van der Waals surface area contributed by atoms with Gasteiger partial charge in [-0.2, -0.15) is 0 Å². The van der Waals surface area contributed by atoms with Crippen molar-refractivity contribution in [2.24, 2.45) is 0 Å². The highest BCUT2D eigenvalue weighted by atomic mass is 35.5. The summed E-state index contributed by atoms with van der Waals surface area (Å²) in [4.78, 5) is 0. The Labute approximate surface area is 104 Å². The van der Waals surface area contributed by atoms with Gasteiger partial charge in [-0.1, -0.05) is 29.8 Å². The number of anilines is 1. The fraction of sp³-hybridized carbons (Fsp3) is 0.0769. The van der Waals surface area contributed by atoms with E-state index in [9.17, 15) is 4.39 Å². The standard InChI is InChI=1S/C13H11ClFNO/c14-10-4-3-5-11(15)9(10)8-17-13-7-2-1-6-12(13)16/h1-7H,8,16H2. The van der Waals surface area contributed by atoms with Gasteiger partial charge < -0.3 is 10.5 Å². The van der Waals surface area contributed by atoms with Crippen molar-refractivity contribution in [3.8, 4) is 5.75 Å². The van der Waals surface area contributed by atoms with Crippen molar-refractivity contribution in [3.05, 3.63) is 58.9 Å². The first-order valence-electron chi connectivity index (χ1n) is 5.08. The number of para-hydroxylation sites is 2. The van der Waals surface area contributed by atoms with Crippen LogP contribution in [0.2, 0.25) is 5.02 Å². The summed E-state index contributed by atoms with van der Waals surface area (Å²) in [7, 11) is 0. The number of benzene rings is 2. The molecule has 0 amide bonds. The molecule has 17 heavy (non-hydrogen) atoms. The minimum atomic E-state index is -0.382. The zero-order valence-corrected chi connectivity index (χ0v) is 9.75. The Bertz CT molecular complexity index is 510. The average Bonchev–Trinajstić information content (AvgIpc) is 2.30. The summed E-state index contributed by atoms with van der Waals surface area (Å²) < 4.78 is 18.9. The molecule has 2 N–H and O–H groups in total. The van der Waals surface area contributed by atoms with Crippen molar-refractivity contribution in [3.63, 3.8) is 0 Å². The van der Waals surface area contributed by atoms with Crippen molar-refractivity contribution in [2.45, 2.75) is 6.61 Å². The molecule has 0 aliphatic rings. The summed E-state index contributed by atoms with van der Waals surface area (Å²) in [5.41, 5.74) is 6.55. The maximum atomic E-state index is 13.5. The molecule has 0 atom stereocenters. The van der Waals surface area contributed by atoms with Crippen LogP contribution in [-0.2, 0) is 6.61 Å². The van der Waals surface area contributed by atoms with E-state index >= 15 is 0 Å². The van der Waals surface area contributed by atoms with Gasteiger partial charge in [0, 0.05) is 5.56 Å². The molecule has 0 fully saturated rings. The molecule has 2 rings (SSSR count). The number of ether oxygens (including phenoxy) is 1. The van der Waals surface area contributed by atoms with Gasteiger partial charge in [0.05, 0.1) is 10.7 Å². The number of rotatable bonds is 3. The second-order valence-electron chi connectivity index (χ2n) is 3.53. The van der Waals surface area contributed by atoms with E-state index in [-0.39, 0.29) is 12.4 Å². The van der Waals surface area contributed by atoms with Crippen molar-refractivity contribution >= 4 is 17.3 Å². The van der Waals surface area contributed by atoms with E-state index in [1.807, 2.05) is 0 Å². The molecular formula is C13H11ClFNO. The lowest BCUT2D eigenvalue weighted by Gasteiger charge is -2.10. The normalized spacial score (nSPS) is 10.2. The van der Waals surface area contributed by atoms with Gasteiger partial charge in [-0.25, -0.2) is 4.39 Å². The number of hydrogen-bond donors (Lipinski definition) is 1. The van der Waals surface area contributed by atoms with E-state index in [1.165, 1.54) is 6.07 Å². The van der Waals surface area contributed by atoms with E-state index < -0.39 is 0 Å². The number of nitrogen functional groups attached to an aromatic ring is 1. The van der Waals surface area contributed by atoms with Crippen LogP contribution in [0.4, 0.5) is 10.1 Å². The van der Waals surface area contributed by atoms with Crippen molar-refractivity contribution in [2.75, 3.05) is 5.73 Å². The first-order valence-corrected chi connectivity index (χ1v) is 5.46. The monoisotopic (exact) mass is 251 g/mol. The summed E-state index contributed by atoms with van der Waals surface area (Å²) in [6, 6.07) is 11.6. The van der Waals surface area contributed by atoms with Gasteiger partial charge in [-0.15, -0.1) is 0 Å². The minimum absolute atomic E-state index is 0.0553. The van der Waals surface area contributed by atoms with Crippen molar-refractivity contribution in [1.29, 1.82) is 0 Å². The van der Waals surface area contributed by atoms with E-state index in [1.54, 1.807) is 36.4 Å². The SMILES string of the molecule is Nc1ccccc1OCc1c(F)cccc1Cl. The van der Waals surface area contributed by atoms with Crippen LogP contribution < -0.4 is 10.5 Å². The van der Waals surface area contributed by atoms with Gasteiger partial charge in [0.15, 0.2) is 0 Å². The molecule has 0 unspecified atom stereocenters. The molecule has 0 heterocycles. The number of halogens is 2. The minimum Gasteiger partial charge on any atom is -0.487 e. The van der Waals surface area contributed by atoms with Crippen LogP contribution in [0.25, 0.3) is 0 Å². The molecule has 88 valence electrons. The zero-order chi connectivity index (χ0) is 12.3. The van der Waals surface area contributed by atoms with Crippen LogP contribution in [-0.4, -0.2) is 0 Å². The zero-order valence-electron chi connectivity index (χ0n) is 8.99. The fourth-order valence-electron chi connectivity index (χ4n) is 1.43. The lowest BCUT2D eigenvalue weighted by molar-refractivity contribution is 0.301. The molecule has 0 aromatic heterocycles. The molecule has 0 saturated heterocycles. The van der Waals surface area contributed by atoms with Crippen LogP contribution in [0.1, 0.15) is 5.56 Å². The molecule has 0 aliphatic carbocycles. The molecule has 0 aliphatic heterocycles. The third kappa shape index (κ3) is 2.68. The molecule has 0 saturated carbocycles. The van der Waals surface area contributed by atoms with Crippen molar-refractivity contribution < 1.29 is 9.13 Å². The smallest absolute Gasteiger partial charge is 0.142 e. The maximum Gasteiger partial charge on any atom is 0.142 e. The van der Waals surface area contributed by atoms with E-state index in [0.29, 0.717) is 22.0 Å². The molecular weight excluding hydrogens is 241 g/mol. The molecule has 2 aromatic carbocycles. The maximum absolute atomic E-state index is 13.5. The summed E-state index contributed by atoms with van der Waals surface area (Å²) in [5.74, 6) is 0.138. The third-order valence-corrected chi connectivity index (χ3v) is 2.71. The predicted molar refractivity (Wildman–Crippen MR) is 66.6 cm³/mol. The quantitative estimate of drug-likeness (QED) is 0.846. The predicted octanol–water partition coefficient (Wildman–Crippen LogP) is 3.64. The van der Waals surface area contributed by atoms with E-state index in [2.05, 4.69) is 0 Å². The van der Waals surface area contributed by atoms with Gasteiger partial charge in [-0.05, 0) is 24.3 Å². The Morgan fingerprint density at radius 2 is 1.88 bits per heavy atom. The molecule has 4 heteroatoms. The fourth-order valence-corrected chi connectivity index (χ4v) is 1.65. The Kier molecular flexibility index (Phi) is 3.49. The largest absolute Gasteiger partial charge is 0.487 e. The average molecular weight is 252 g/mol. The first kappa shape index (κ1) is 11.7. The summed E-state index contributed by atoms with van der Waals surface area (Å²) in [6.45, 7) is 0.0553. The molecule has 0 bridgehead atoms. The van der Waals surface area contributed by atoms with Gasteiger partial charge in [-0.3, -0.25) is 0 Å². The molecule has 0 spiro atoms. The van der Waals surface area contributed by atoms with Gasteiger partial charge in [0.2, 0.25) is 0 Å². The Balaban J connectivity index is 2.16. The number of nitrogens with two attached hydrogens (primary N) is 1. The van der Waals surface area contributed by atoms with Crippen LogP contribution in [0.15, 0.2) is 42.5 Å². The number of hydrogen-bond acceptors (Lipinski definition) is 2. The second kappa shape index (κ2) is 5.06. The molecule has 0 radical (unpaired) electrons. The van der Waals surface area contributed by atoms with Gasteiger partial charge in [0.25, 0.3) is 0 Å². The molecule has 2 nitrogen and oxygen atoms in total. The summed E-state index contributed by atoms with van der Waals surface area (Å²) in [6.07, 6.45) is 0. The lowest BCUT2D eigenvalue weighted by atomic mass is 10.2. The van der Waals surface area contributed by atoms with Crippen LogP contribution in [0.3, 0.4) is 0 Å². The first-order chi connectivity index (χ1) is 8.18. The summed E-state index contributed by atoms with van der Waals surface area (Å²) in [5, 5.41) is 0.347. The van der Waals surface area contributed by atoms with Gasteiger partial charge in [0.1, 0.15) is 18.2 Å². The van der Waals surface area contributed by atoms with E-state index in [4.69, 9.17) is 22.1 Å². The summed E-state index contributed by atoms with van der Waals surface area (Å²) >= 11 is 5.88. The van der Waals surface area contributed by atoms with Crippen LogP contribution >= 0.6 is 11.6 Å². The third-order valence-electron chi connectivity index (χ3n) is 2.35. The van der Waals surface area contributed by atoms with Crippen LogP contribution in [0.5, 0.6) is 5.75 Å². The topological polar surface area (TPSA) is 35.2 Å².